The normalized spacial score (nSPS) is 26.4. The summed E-state index contributed by atoms with van der Waals surface area (Å²) >= 11 is 0. The average Bonchev–Trinajstić information content (AvgIpc) is 3.21. The van der Waals surface area contributed by atoms with E-state index in [9.17, 15) is 4.79 Å². The van der Waals surface area contributed by atoms with Gasteiger partial charge >= 0.3 is 0 Å². The van der Waals surface area contributed by atoms with E-state index in [0.717, 1.165) is 31.8 Å². The summed E-state index contributed by atoms with van der Waals surface area (Å²) < 4.78 is 1.56. The molecule has 1 N–H and O–H groups in total. The minimum atomic E-state index is -0.101. The highest BCUT2D eigenvalue weighted by molar-refractivity contribution is 5.92. The Balaban J connectivity index is 1.31. The number of amides is 1. The van der Waals surface area contributed by atoms with Gasteiger partial charge in [-0.05, 0) is 36.7 Å². The zero-order valence-electron chi connectivity index (χ0n) is 14.6. The van der Waals surface area contributed by atoms with Gasteiger partial charge in [0, 0.05) is 32.7 Å². The molecule has 1 saturated heterocycles. The molecule has 0 radical (unpaired) electrons. The summed E-state index contributed by atoms with van der Waals surface area (Å²) in [4.78, 5) is 14.9. The summed E-state index contributed by atoms with van der Waals surface area (Å²) in [5.74, 6) is 1.36. The minimum absolute atomic E-state index is 0.101. The number of nitrogens with one attached hydrogen (secondary N) is 1. The molecule has 6 nitrogen and oxygen atoms in total. The summed E-state index contributed by atoms with van der Waals surface area (Å²) in [6.07, 6.45) is 4.99. The van der Waals surface area contributed by atoms with Crippen molar-refractivity contribution in [2.75, 3.05) is 13.1 Å². The van der Waals surface area contributed by atoms with Crippen LogP contribution in [0.5, 0.6) is 0 Å². The Hall–Kier alpha value is -2.21. The van der Waals surface area contributed by atoms with Gasteiger partial charge in [-0.3, -0.25) is 14.4 Å². The number of benzene rings is 1. The lowest BCUT2D eigenvalue weighted by Crippen LogP contribution is -2.40. The fraction of sp³-hybridized carbons (Fsp3) is 0.526. The van der Waals surface area contributed by atoms with Crippen LogP contribution >= 0.6 is 0 Å². The SMILES string of the molecule is Cn1cc(C(=O)NC2CC[C@@H]3CN(Cc4ccccc4)C[C@@H]3C2)nn1. The van der Waals surface area contributed by atoms with E-state index in [4.69, 9.17) is 0 Å². The number of likely N-dealkylation sites (tertiary alicyclic amines) is 1. The Morgan fingerprint density at radius 1 is 1.20 bits per heavy atom. The number of hydrogen-bond acceptors (Lipinski definition) is 4. The molecular weight excluding hydrogens is 314 g/mol. The molecule has 132 valence electrons. The molecule has 1 aromatic heterocycles. The lowest BCUT2D eigenvalue weighted by molar-refractivity contribution is 0.0908. The Morgan fingerprint density at radius 2 is 2.00 bits per heavy atom. The standard InChI is InChI=1S/C19H25N5O/c1-23-13-18(21-22-23)19(25)20-17-8-7-15-11-24(12-16(15)9-17)10-14-5-3-2-4-6-14/h2-6,13,15-17H,7-12H2,1H3,(H,20,25)/t15-,16+,17?/m1/s1. The fourth-order valence-electron chi connectivity index (χ4n) is 4.34. The molecule has 4 rings (SSSR count). The first kappa shape index (κ1) is 16.3. The van der Waals surface area contributed by atoms with Crippen LogP contribution in [0.3, 0.4) is 0 Å². The number of aryl methyl sites for hydroxylation is 1. The highest BCUT2D eigenvalue weighted by Gasteiger charge is 2.38. The summed E-state index contributed by atoms with van der Waals surface area (Å²) in [5.41, 5.74) is 1.79. The van der Waals surface area contributed by atoms with Crippen LogP contribution in [-0.4, -0.2) is 44.9 Å². The maximum Gasteiger partial charge on any atom is 0.273 e. The van der Waals surface area contributed by atoms with Crippen molar-refractivity contribution < 1.29 is 4.79 Å². The van der Waals surface area contributed by atoms with Gasteiger partial charge in [0.15, 0.2) is 5.69 Å². The van der Waals surface area contributed by atoms with E-state index >= 15 is 0 Å². The van der Waals surface area contributed by atoms with E-state index in [1.165, 1.54) is 18.5 Å². The maximum absolute atomic E-state index is 12.3. The second-order valence-electron chi connectivity index (χ2n) is 7.46. The van der Waals surface area contributed by atoms with Gasteiger partial charge in [-0.2, -0.15) is 0 Å². The summed E-state index contributed by atoms with van der Waals surface area (Å²) in [7, 11) is 1.77. The first-order valence-corrected chi connectivity index (χ1v) is 9.11. The number of carbonyl (C=O) groups is 1. The molecule has 25 heavy (non-hydrogen) atoms. The molecule has 1 saturated carbocycles. The number of carbonyl (C=O) groups excluding carboxylic acids is 1. The highest BCUT2D eigenvalue weighted by Crippen LogP contribution is 2.36. The van der Waals surface area contributed by atoms with Crippen molar-refractivity contribution in [3.05, 3.63) is 47.8 Å². The highest BCUT2D eigenvalue weighted by atomic mass is 16.2. The van der Waals surface area contributed by atoms with Gasteiger partial charge in [-0.15, -0.1) is 5.10 Å². The molecular formula is C19H25N5O. The van der Waals surface area contributed by atoms with Crippen molar-refractivity contribution in [1.29, 1.82) is 0 Å². The largest absolute Gasteiger partial charge is 0.348 e. The van der Waals surface area contributed by atoms with Crippen molar-refractivity contribution >= 4 is 5.91 Å². The molecule has 1 amide bonds. The van der Waals surface area contributed by atoms with Gasteiger partial charge in [0.05, 0.1) is 6.20 Å². The Morgan fingerprint density at radius 3 is 2.76 bits per heavy atom. The number of nitrogens with zero attached hydrogens (tertiary/aromatic N) is 4. The van der Waals surface area contributed by atoms with Gasteiger partial charge in [0.1, 0.15) is 0 Å². The van der Waals surface area contributed by atoms with Gasteiger partial charge < -0.3 is 5.32 Å². The van der Waals surface area contributed by atoms with Crippen LogP contribution in [0, 0.1) is 11.8 Å². The predicted molar refractivity (Wildman–Crippen MR) is 94.8 cm³/mol. The molecule has 1 aliphatic heterocycles. The van der Waals surface area contributed by atoms with Crippen LogP contribution in [0.15, 0.2) is 36.5 Å². The fourth-order valence-corrected chi connectivity index (χ4v) is 4.34. The van der Waals surface area contributed by atoms with E-state index in [1.54, 1.807) is 17.9 Å². The molecule has 1 unspecified atom stereocenters. The Kier molecular flexibility index (Phi) is 4.53. The Labute approximate surface area is 148 Å². The quantitative estimate of drug-likeness (QED) is 0.923. The van der Waals surface area contributed by atoms with Gasteiger partial charge in [-0.1, -0.05) is 35.5 Å². The zero-order valence-corrected chi connectivity index (χ0v) is 14.6. The van der Waals surface area contributed by atoms with Gasteiger partial charge in [-0.25, -0.2) is 0 Å². The second-order valence-corrected chi connectivity index (χ2v) is 7.46. The molecule has 2 aliphatic rings. The van der Waals surface area contributed by atoms with Crippen LogP contribution in [0.25, 0.3) is 0 Å². The van der Waals surface area contributed by atoms with E-state index in [0.29, 0.717) is 11.6 Å². The molecule has 2 heterocycles. The monoisotopic (exact) mass is 339 g/mol. The summed E-state index contributed by atoms with van der Waals surface area (Å²) in [6, 6.07) is 10.9. The molecule has 0 spiro atoms. The molecule has 3 atom stereocenters. The minimum Gasteiger partial charge on any atom is -0.348 e. The average molecular weight is 339 g/mol. The van der Waals surface area contributed by atoms with E-state index in [-0.39, 0.29) is 11.9 Å². The van der Waals surface area contributed by atoms with Gasteiger partial charge in [0.25, 0.3) is 5.91 Å². The summed E-state index contributed by atoms with van der Waals surface area (Å²) in [5, 5.41) is 10.9. The third kappa shape index (κ3) is 3.74. The first-order chi connectivity index (χ1) is 12.2. The van der Waals surface area contributed by atoms with E-state index in [2.05, 4.69) is 50.9 Å². The smallest absolute Gasteiger partial charge is 0.273 e. The van der Waals surface area contributed by atoms with E-state index < -0.39 is 0 Å². The molecule has 0 bridgehead atoms. The van der Waals surface area contributed by atoms with Gasteiger partial charge in [0.2, 0.25) is 0 Å². The van der Waals surface area contributed by atoms with Crippen molar-refractivity contribution in [1.82, 2.24) is 25.2 Å². The molecule has 6 heteroatoms. The van der Waals surface area contributed by atoms with Crippen molar-refractivity contribution in [3.63, 3.8) is 0 Å². The maximum atomic E-state index is 12.3. The van der Waals surface area contributed by atoms with Crippen molar-refractivity contribution in [2.45, 2.75) is 31.8 Å². The third-order valence-electron chi connectivity index (χ3n) is 5.54. The number of rotatable bonds is 4. The van der Waals surface area contributed by atoms with Crippen LogP contribution in [0.2, 0.25) is 0 Å². The van der Waals surface area contributed by atoms with Crippen LogP contribution in [0.4, 0.5) is 0 Å². The lowest BCUT2D eigenvalue weighted by atomic mass is 9.79. The topological polar surface area (TPSA) is 63.1 Å². The van der Waals surface area contributed by atoms with Crippen LogP contribution in [-0.2, 0) is 13.6 Å². The van der Waals surface area contributed by atoms with Crippen LogP contribution in [0.1, 0.15) is 35.3 Å². The summed E-state index contributed by atoms with van der Waals surface area (Å²) in [6.45, 7) is 3.35. The number of aromatic nitrogens is 3. The zero-order chi connectivity index (χ0) is 17.2. The lowest BCUT2D eigenvalue weighted by Gasteiger charge is -2.31. The molecule has 2 aromatic rings. The second kappa shape index (κ2) is 6.96. The van der Waals surface area contributed by atoms with Crippen LogP contribution < -0.4 is 5.32 Å². The predicted octanol–water partition coefficient (Wildman–Crippen LogP) is 1.85. The van der Waals surface area contributed by atoms with Crippen molar-refractivity contribution in [2.24, 2.45) is 18.9 Å². The molecule has 1 aromatic carbocycles. The third-order valence-corrected chi connectivity index (χ3v) is 5.54. The Bertz CT molecular complexity index is 728. The number of hydrogen-bond donors (Lipinski definition) is 1. The first-order valence-electron chi connectivity index (χ1n) is 9.11. The molecule has 1 aliphatic carbocycles. The number of fused-ring (bicyclic) bond motifs is 1. The van der Waals surface area contributed by atoms with E-state index in [1.807, 2.05) is 0 Å². The molecule has 2 fully saturated rings. The van der Waals surface area contributed by atoms with Crippen molar-refractivity contribution in [3.8, 4) is 0 Å².